The number of amides is 2. The van der Waals surface area contributed by atoms with Crippen molar-refractivity contribution in [3.8, 4) is 5.75 Å². The second-order valence-corrected chi connectivity index (χ2v) is 10.9. The number of Topliss-reactive ketones (excluding diaryl/α,β-unsaturated/α-hetero) is 1. The molecular formula is C34H33N3O7. The third kappa shape index (κ3) is 7.22. The fourth-order valence-corrected chi connectivity index (χ4v) is 5.00. The summed E-state index contributed by atoms with van der Waals surface area (Å²) in [6, 6.07) is 24.3. The van der Waals surface area contributed by atoms with Crippen LogP contribution in [-0.4, -0.2) is 53.5 Å². The molecule has 10 heteroatoms. The van der Waals surface area contributed by atoms with Crippen LogP contribution in [0.25, 0.3) is 21.5 Å². The molecule has 226 valence electrons. The second-order valence-electron chi connectivity index (χ2n) is 10.9. The average Bonchev–Trinajstić information content (AvgIpc) is 3.51. The number of carbonyl (C=O) groups is 4. The highest BCUT2D eigenvalue weighted by atomic mass is 16.7. The molecule has 5 rings (SSSR count). The van der Waals surface area contributed by atoms with Crippen LogP contribution in [0.5, 0.6) is 5.75 Å². The fraction of sp³-hybridized carbons (Fsp3) is 0.235. The molecular weight excluding hydrogens is 562 g/mol. The van der Waals surface area contributed by atoms with Crippen LogP contribution in [0.3, 0.4) is 0 Å². The smallest absolute Gasteiger partial charge is 0.305 e. The lowest BCUT2D eigenvalue weighted by Gasteiger charge is -2.23. The Kier molecular flexibility index (Phi) is 9.20. The van der Waals surface area contributed by atoms with Gasteiger partial charge in [-0.3, -0.25) is 29.5 Å². The van der Waals surface area contributed by atoms with Crippen LogP contribution < -0.4 is 20.9 Å². The summed E-state index contributed by atoms with van der Waals surface area (Å²) in [6.45, 7) is 3.40. The van der Waals surface area contributed by atoms with Crippen molar-refractivity contribution in [3.05, 3.63) is 102 Å². The van der Waals surface area contributed by atoms with E-state index in [1.807, 2.05) is 80.6 Å². The number of carboxylic acids is 1. The van der Waals surface area contributed by atoms with E-state index in [1.165, 1.54) is 6.08 Å². The third-order valence-electron chi connectivity index (χ3n) is 7.38. The number of hydrogen-bond donors (Lipinski definition) is 4. The minimum absolute atomic E-state index is 0.0721. The summed E-state index contributed by atoms with van der Waals surface area (Å²) in [5.74, 6) is -2.49. The molecule has 4 aromatic rings. The van der Waals surface area contributed by atoms with Gasteiger partial charge in [-0.2, -0.15) is 0 Å². The van der Waals surface area contributed by atoms with Crippen molar-refractivity contribution in [1.82, 2.24) is 16.1 Å². The molecule has 1 unspecified atom stereocenters. The number of aliphatic carboxylic acids is 1. The normalized spacial score (nSPS) is 15.7. The van der Waals surface area contributed by atoms with Crippen LogP contribution in [0.15, 0.2) is 96.7 Å². The largest absolute Gasteiger partial charge is 0.486 e. The van der Waals surface area contributed by atoms with E-state index in [2.05, 4.69) is 16.1 Å². The molecule has 0 aromatic heterocycles. The van der Waals surface area contributed by atoms with E-state index in [0.29, 0.717) is 17.0 Å². The molecule has 0 fully saturated rings. The summed E-state index contributed by atoms with van der Waals surface area (Å²) in [4.78, 5) is 56.1. The topological polar surface area (TPSA) is 143 Å². The lowest BCUT2D eigenvalue weighted by molar-refractivity contribution is -0.141. The van der Waals surface area contributed by atoms with E-state index < -0.39 is 48.9 Å². The first-order chi connectivity index (χ1) is 21.2. The van der Waals surface area contributed by atoms with Gasteiger partial charge in [0.2, 0.25) is 0 Å². The first-order valence-corrected chi connectivity index (χ1v) is 14.3. The average molecular weight is 596 g/mol. The summed E-state index contributed by atoms with van der Waals surface area (Å²) in [5.41, 5.74) is 3.68. The van der Waals surface area contributed by atoms with Crippen molar-refractivity contribution in [3.63, 3.8) is 0 Å². The van der Waals surface area contributed by atoms with Crippen LogP contribution in [0, 0.1) is 5.92 Å². The number of hydroxylamine groups is 1. The van der Waals surface area contributed by atoms with E-state index in [1.54, 1.807) is 18.2 Å². The van der Waals surface area contributed by atoms with Crippen molar-refractivity contribution >= 4 is 45.1 Å². The van der Waals surface area contributed by atoms with E-state index in [4.69, 9.17) is 9.57 Å². The molecule has 0 radical (unpaired) electrons. The Hall–Kier alpha value is -5.22. The molecule has 0 saturated carbocycles. The molecule has 2 amide bonds. The van der Waals surface area contributed by atoms with E-state index in [-0.39, 0.29) is 11.8 Å². The van der Waals surface area contributed by atoms with E-state index in [0.717, 1.165) is 21.5 Å². The van der Waals surface area contributed by atoms with Gasteiger partial charge in [-0.05, 0) is 57.8 Å². The Labute approximate surface area is 254 Å². The van der Waals surface area contributed by atoms with Crippen LogP contribution in [0.2, 0.25) is 0 Å². The minimum Gasteiger partial charge on any atom is -0.486 e. The highest BCUT2D eigenvalue weighted by Crippen LogP contribution is 2.22. The standard InChI is InChI=1S/C34H33N3O7/c1-20(2)32(36-33(41)25-12-11-21-7-3-5-9-23(21)15-25)28-17-30(44-37-28)34(42)35-27(18-31(39)40)29(38)19-43-26-14-13-22-8-4-6-10-24(22)16-26/h3-17,20,27,30,32,37H,18-19H2,1-2H3,(H,35,42)(H,36,41)(H,39,40)/t27-,30?,32-/m0/s1. The molecule has 3 atom stereocenters. The quantitative estimate of drug-likeness (QED) is 0.191. The molecule has 4 N–H and O–H groups in total. The predicted octanol–water partition coefficient (Wildman–Crippen LogP) is 4.14. The fourth-order valence-electron chi connectivity index (χ4n) is 5.00. The number of benzene rings is 4. The molecule has 0 saturated heterocycles. The van der Waals surface area contributed by atoms with Crippen LogP contribution in [-0.2, 0) is 19.2 Å². The monoisotopic (exact) mass is 595 g/mol. The Morgan fingerprint density at radius 2 is 1.50 bits per heavy atom. The zero-order valence-electron chi connectivity index (χ0n) is 24.3. The Bertz CT molecular complexity index is 1750. The van der Waals surface area contributed by atoms with Gasteiger partial charge < -0.3 is 20.5 Å². The van der Waals surface area contributed by atoms with Crippen LogP contribution >= 0.6 is 0 Å². The number of rotatable bonds is 12. The van der Waals surface area contributed by atoms with Gasteiger partial charge in [-0.25, -0.2) is 0 Å². The Morgan fingerprint density at radius 3 is 2.16 bits per heavy atom. The van der Waals surface area contributed by atoms with E-state index in [9.17, 15) is 24.3 Å². The number of fused-ring (bicyclic) bond motifs is 2. The van der Waals surface area contributed by atoms with Crippen LogP contribution in [0.1, 0.15) is 30.6 Å². The highest BCUT2D eigenvalue weighted by molar-refractivity contribution is 5.99. The summed E-state index contributed by atoms with van der Waals surface area (Å²) in [6.07, 6.45) is -0.276. The maximum atomic E-state index is 13.1. The summed E-state index contributed by atoms with van der Waals surface area (Å²) >= 11 is 0. The zero-order chi connectivity index (χ0) is 31.2. The Balaban J connectivity index is 1.22. The van der Waals surface area contributed by atoms with Gasteiger partial charge in [-0.15, -0.1) is 0 Å². The van der Waals surface area contributed by atoms with Gasteiger partial charge in [0.1, 0.15) is 18.4 Å². The molecule has 0 aliphatic carbocycles. The number of carbonyl (C=O) groups excluding carboxylic acids is 3. The molecule has 0 bridgehead atoms. The molecule has 4 aromatic carbocycles. The summed E-state index contributed by atoms with van der Waals surface area (Å²) < 4.78 is 5.63. The minimum atomic E-state index is -1.34. The van der Waals surface area contributed by atoms with Gasteiger partial charge in [-0.1, -0.05) is 74.5 Å². The SMILES string of the molecule is CC(C)[C@H](NC(=O)c1ccc2ccccc2c1)C1=CC(C(=O)N[C@@H](CC(=O)O)C(=O)COc2ccc3ccccc3c2)ON1. The van der Waals surface area contributed by atoms with Crippen molar-refractivity contribution < 1.29 is 33.9 Å². The van der Waals surface area contributed by atoms with Crippen molar-refractivity contribution in [2.75, 3.05) is 6.61 Å². The predicted molar refractivity (Wildman–Crippen MR) is 165 cm³/mol. The number of carboxylic acid groups (broad SMARTS) is 1. The molecule has 1 aliphatic rings. The maximum absolute atomic E-state index is 13.1. The van der Waals surface area contributed by atoms with Crippen molar-refractivity contribution in [2.45, 2.75) is 38.5 Å². The lowest BCUT2D eigenvalue weighted by Crippen LogP contribution is -2.48. The van der Waals surface area contributed by atoms with Gasteiger partial charge in [0.25, 0.3) is 11.8 Å². The number of nitrogens with one attached hydrogen (secondary N) is 3. The zero-order valence-corrected chi connectivity index (χ0v) is 24.3. The van der Waals surface area contributed by atoms with Gasteiger partial charge in [0, 0.05) is 5.56 Å². The van der Waals surface area contributed by atoms with Gasteiger partial charge in [0.15, 0.2) is 11.9 Å². The molecule has 44 heavy (non-hydrogen) atoms. The number of hydrogen-bond acceptors (Lipinski definition) is 7. The molecule has 1 aliphatic heterocycles. The first kappa shape index (κ1) is 30.2. The maximum Gasteiger partial charge on any atom is 0.305 e. The summed E-state index contributed by atoms with van der Waals surface area (Å²) in [5, 5.41) is 18.8. The number of ketones is 1. The van der Waals surface area contributed by atoms with Crippen molar-refractivity contribution in [1.29, 1.82) is 0 Å². The lowest BCUT2D eigenvalue weighted by atomic mass is 9.99. The van der Waals surface area contributed by atoms with Gasteiger partial charge in [0.05, 0.1) is 18.2 Å². The molecule has 10 nitrogen and oxygen atoms in total. The van der Waals surface area contributed by atoms with Gasteiger partial charge >= 0.3 is 5.97 Å². The summed E-state index contributed by atoms with van der Waals surface area (Å²) in [7, 11) is 0. The van der Waals surface area contributed by atoms with Crippen LogP contribution in [0.4, 0.5) is 0 Å². The van der Waals surface area contributed by atoms with Crippen molar-refractivity contribution in [2.24, 2.45) is 5.92 Å². The Morgan fingerprint density at radius 1 is 0.864 bits per heavy atom. The third-order valence-corrected chi connectivity index (χ3v) is 7.38. The van der Waals surface area contributed by atoms with E-state index >= 15 is 0 Å². The highest BCUT2D eigenvalue weighted by Gasteiger charge is 2.33. The second kappa shape index (κ2) is 13.4. The molecule has 0 spiro atoms. The molecule has 1 heterocycles. The first-order valence-electron chi connectivity index (χ1n) is 14.3. The number of ether oxygens (including phenoxy) is 1.